The molecule has 0 amide bonds. The third-order valence-corrected chi connectivity index (χ3v) is 4.16. The Balaban J connectivity index is 1.65. The van der Waals surface area contributed by atoms with E-state index >= 15 is 0 Å². The first kappa shape index (κ1) is 11.5. The summed E-state index contributed by atoms with van der Waals surface area (Å²) in [6.07, 6.45) is 6.63. The van der Waals surface area contributed by atoms with Crippen LogP contribution in [0.25, 0.3) is 0 Å². The van der Waals surface area contributed by atoms with Crippen molar-refractivity contribution in [2.24, 2.45) is 4.99 Å². The first-order valence-electron chi connectivity index (χ1n) is 6.84. The molecule has 3 rings (SSSR count). The summed E-state index contributed by atoms with van der Waals surface area (Å²) in [5.41, 5.74) is 4.39. The van der Waals surface area contributed by atoms with Gasteiger partial charge in [0.05, 0.1) is 6.54 Å². The minimum Gasteiger partial charge on any atom is -0.373 e. The van der Waals surface area contributed by atoms with Gasteiger partial charge in [0.1, 0.15) is 0 Å². The van der Waals surface area contributed by atoms with Crippen molar-refractivity contribution in [3.8, 4) is 0 Å². The second-order valence-electron chi connectivity index (χ2n) is 5.27. The molecule has 1 aromatic carbocycles. The first-order chi connectivity index (χ1) is 8.84. The molecule has 2 aliphatic heterocycles. The van der Waals surface area contributed by atoms with E-state index in [-0.39, 0.29) is 0 Å². The van der Waals surface area contributed by atoms with Gasteiger partial charge < -0.3 is 4.90 Å². The number of hydrogen-bond acceptors (Lipinski definition) is 2. The highest BCUT2D eigenvalue weighted by Crippen LogP contribution is 2.31. The SMILES string of the molecule is Cc1ccccc1C1CCN(C2=CC=NC2)CC1. The molecule has 2 heteroatoms. The molecule has 2 nitrogen and oxygen atoms in total. The van der Waals surface area contributed by atoms with Crippen molar-refractivity contribution in [2.45, 2.75) is 25.7 Å². The van der Waals surface area contributed by atoms with Gasteiger partial charge in [-0.15, -0.1) is 0 Å². The Kier molecular flexibility index (Phi) is 3.18. The van der Waals surface area contributed by atoms with Gasteiger partial charge in [-0.1, -0.05) is 24.3 Å². The Morgan fingerprint density at radius 3 is 2.61 bits per heavy atom. The van der Waals surface area contributed by atoms with Gasteiger partial charge in [-0.05, 0) is 42.9 Å². The molecule has 0 saturated carbocycles. The molecule has 1 fully saturated rings. The fourth-order valence-electron chi connectivity index (χ4n) is 3.07. The van der Waals surface area contributed by atoms with E-state index in [1.165, 1.54) is 37.2 Å². The average Bonchev–Trinajstić information content (AvgIpc) is 2.94. The summed E-state index contributed by atoms with van der Waals surface area (Å²) in [7, 11) is 0. The lowest BCUT2D eigenvalue weighted by Crippen LogP contribution is -2.33. The Hall–Kier alpha value is -1.57. The lowest BCUT2D eigenvalue weighted by atomic mass is 9.87. The molecule has 0 radical (unpaired) electrons. The number of hydrogen-bond donors (Lipinski definition) is 0. The molecule has 0 aliphatic carbocycles. The van der Waals surface area contributed by atoms with Crippen LogP contribution in [0.4, 0.5) is 0 Å². The Labute approximate surface area is 109 Å². The Morgan fingerprint density at radius 2 is 1.94 bits per heavy atom. The first-order valence-corrected chi connectivity index (χ1v) is 6.84. The van der Waals surface area contributed by atoms with Crippen molar-refractivity contribution in [1.82, 2.24) is 4.90 Å². The standard InChI is InChI=1S/C16H20N2/c1-13-4-2-3-5-16(13)14-7-10-18(11-8-14)15-6-9-17-12-15/h2-6,9,14H,7-8,10-12H2,1H3. The van der Waals surface area contributed by atoms with Crippen LogP contribution in [0.15, 0.2) is 41.0 Å². The molecular weight excluding hydrogens is 220 g/mol. The Bertz CT molecular complexity index is 480. The summed E-state index contributed by atoms with van der Waals surface area (Å²) in [6, 6.07) is 8.83. The minimum atomic E-state index is 0.741. The molecule has 0 N–H and O–H groups in total. The zero-order valence-corrected chi connectivity index (χ0v) is 11.0. The van der Waals surface area contributed by atoms with Gasteiger partial charge in [0.15, 0.2) is 0 Å². The fraction of sp³-hybridized carbons (Fsp3) is 0.438. The summed E-state index contributed by atoms with van der Waals surface area (Å²) in [5, 5.41) is 0. The molecule has 0 bridgehead atoms. The maximum absolute atomic E-state index is 4.27. The van der Waals surface area contributed by atoms with Crippen LogP contribution >= 0.6 is 0 Å². The van der Waals surface area contributed by atoms with Crippen LogP contribution in [0.1, 0.15) is 29.9 Å². The predicted molar refractivity (Wildman–Crippen MR) is 76.2 cm³/mol. The van der Waals surface area contributed by atoms with E-state index in [1.807, 2.05) is 6.21 Å². The van der Waals surface area contributed by atoms with Crippen molar-refractivity contribution >= 4 is 6.21 Å². The van der Waals surface area contributed by atoms with Gasteiger partial charge >= 0.3 is 0 Å². The zero-order chi connectivity index (χ0) is 12.4. The third kappa shape index (κ3) is 2.20. The highest BCUT2D eigenvalue weighted by molar-refractivity contribution is 5.74. The molecule has 0 spiro atoms. The van der Waals surface area contributed by atoms with E-state index < -0.39 is 0 Å². The molecule has 0 atom stereocenters. The molecule has 2 aliphatic rings. The maximum Gasteiger partial charge on any atom is 0.0788 e. The minimum absolute atomic E-state index is 0.741. The normalized spacial score (nSPS) is 20.3. The predicted octanol–water partition coefficient (Wildman–Crippen LogP) is 3.14. The number of piperidine rings is 1. The van der Waals surface area contributed by atoms with Gasteiger partial charge in [0.25, 0.3) is 0 Å². The topological polar surface area (TPSA) is 15.6 Å². The quantitative estimate of drug-likeness (QED) is 0.775. The lowest BCUT2D eigenvalue weighted by Gasteiger charge is -2.34. The number of likely N-dealkylation sites (tertiary alicyclic amines) is 1. The maximum atomic E-state index is 4.27. The van der Waals surface area contributed by atoms with Gasteiger partial charge in [0.2, 0.25) is 0 Å². The monoisotopic (exact) mass is 240 g/mol. The summed E-state index contributed by atoms with van der Waals surface area (Å²) in [5.74, 6) is 0.741. The third-order valence-electron chi connectivity index (χ3n) is 4.16. The van der Waals surface area contributed by atoms with Crippen molar-refractivity contribution in [3.05, 3.63) is 47.2 Å². The van der Waals surface area contributed by atoms with E-state index in [0.29, 0.717) is 0 Å². The molecule has 0 aromatic heterocycles. The Morgan fingerprint density at radius 1 is 1.17 bits per heavy atom. The van der Waals surface area contributed by atoms with E-state index in [1.54, 1.807) is 5.56 Å². The van der Waals surface area contributed by atoms with E-state index in [4.69, 9.17) is 0 Å². The second kappa shape index (κ2) is 4.97. The number of benzene rings is 1. The summed E-state index contributed by atoms with van der Waals surface area (Å²) < 4.78 is 0. The largest absolute Gasteiger partial charge is 0.373 e. The number of rotatable bonds is 2. The van der Waals surface area contributed by atoms with Crippen LogP contribution < -0.4 is 0 Å². The van der Waals surface area contributed by atoms with Gasteiger partial charge in [-0.2, -0.15) is 0 Å². The summed E-state index contributed by atoms with van der Waals surface area (Å²) in [4.78, 5) is 6.77. The molecule has 0 unspecified atom stereocenters. The van der Waals surface area contributed by atoms with Gasteiger partial charge in [-0.3, -0.25) is 4.99 Å². The highest BCUT2D eigenvalue weighted by Gasteiger charge is 2.23. The highest BCUT2D eigenvalue weighted by atomic mass is 15.2. The van der Waals surface area contributed by atoms with Crippen molar-refractivity contribution in [3.63, 3.8) is 0 Å². The van der Waals surface area contributed by atoms with E-state index in [0.717, 1.165) is 12.5 Å². The van der Waals surface area contributed by atoms with Crippen LogP contribution in [0, 0.1) is 6.92 Å². The lowest BCUT2D eigenvalue weighted by molar-refractivity contribution is 0.262. The van der Waals surface area contributed by atoms with Crippen LogP contribution in [0.3, 0.4) is 0 Å². The smallest absolute Gasteiger partial charge is 0.0788 e. The van der Waals surface area contributed by atoms with Crippen LogP contribution in [0.2, 0.25) is 0 Å². The molecule has 18 heavy (non-hydrogen) atoms. The zero-order valence-electron chi connectivity index (χ0n) is 11.0. The number of aliphatic imine (C=N–C) groups is 1. The number of nitrogens with zero attached hydrogens (tertiary/aromatic N) is 2. The van der Waals surface area contributed by atoms with Gasteiger partial charge in [0, 0.05) is 25.0 Å². The number of aryl methyl sites for hydroxylation is 1. The van der Waals surface area contributed by atoms with E-state index in [2.05, 4.69) is 47.2 Å². The average molecular weight is 240 g/mol. The van der Waals surface area contributed by atoms with Crippen molar-refractivity contribution < 1.29 is 0 Å². The van der Waals surface area contributed by atoms with Gasteiger partial charge in [-0.25, -0.2) is 0 Å². The van der Waals surface area contributed by atoms with Crippen molar-refractivity contribution in [1.29, 1.82) is 0 Å². The van der Waals surface area contributed by atoms with E-state index in [9.17, 15) is 0 Å². The summed E-state index contributed by atoms with van der Waals surface area (Å²) in [6.45, 7) is 5.46. The van der Waals surface area contributed by atoms with Crippen LogP contribution in [-0.2, 0) is 0 Å². The summed E-state index contributed by atoms with van der Waals surface area (Å²) >= 11 is 0. The van der Waals surface area contributed by atoms with Crippen LogP contribution in [0.5, 0.6) is 0 Å². The fourth-order valence-corrected chi connectivity index (χ4v) is 3.07. The number of allylic oxidation sites excluding steroid dienone is 1. The van der Waals surface area contributed by atoms with Crippen LogP contribution in [-0.4, -0.2) is 30.7 Å². The van der Waals surface area contributed by atoms with Crippen molar-refractivity contribution in [2.75, 3.05) is 19.6 Å². The molecular formula is C16H20N2. The second-order valence-corrected chi connectivity index (χ2v) is 5.27. The molecule has 1 aromatic rings. The molecule has 1 saturated heterocycles. The molecule has 94 valence electrons. The molecule has 2 heterocycles.